The van der Waals surface area contributed by atoms with Crippen LogP contribution in [0.15, 0.2) is 6.07 Å². The summed E-state index contributed by atoms with van der Waals surface area (Å²) in [7, 11) is 2.03. The smallest absolute Gasteiger partial charge is 0.164 e. The van der Waals surface area contributed by atoms with E-state index in [1.807, 2.05) is 33.9 Å². The summed E-state index contributed by atoms with van der Waals surface area (Å²) in [5.74, 6) is 0.319. The van der Waals surface area contributed by atoms with E-state index in [4.69, 9.17) is 0 Å². The van der Waals surface area contributed by atoms with Gasteiger partial charge in [0.15, 0.2) is 5.78 Å². The molecule has 1 aromatic rings. The predicted molar refractivity (Wildman–Crippen MR) is 58.8 cm³/mol. The number of ketones is 1. The number of hydrogen-bond acceptors (Lipinski definition) is 1. The molecule has 0 N–H and O–H groups in total. The predicted octanol–water partition coefficient (Wildman–Crippen LogP) is 2.88. The van der Waals surface area contributed by atoms with Crippen molar-refractivity contribution in [2.75, 3.05) is 0 Å². The molecule has 0 aromatic carbocycles. The van der Waals surface area contributed by atoms with E-state index in [0.717, 1.165) is 24.8 Å². The highest BCUT2D eigenvalue weighted by molar-refractivity contribution is 5.98. The number of nitrogens with zero attached hydrogens (tertiary/aromatic N) is 1. The fourth-order valence-corrected chi connectivity index (χ4v) is 1.88. The summed E-state index contributed by atoms with van der Waals surface area (Å²) in [5.41, 5.74) is 3.38. The molecule has 0 fully saturated rings. The van der Waals surface area contributed by atoms with Gasteiger partial charge in [0.1, 0.15) is 0 Å². The third-order valence-corrected chi connectivity index (χ3v) is 2.72. The lowest BCUT2D eigenvalue weighted by Crippen LogP contribution is -2.11. The fourth-order valence-electron chi connectivity index (χ4n) is 1.88. The molecule has 1 aliphatic carbocycles. The second-order valence-corrected chi connectivity index (χ2v) is 3.48. The molecule has 14 heavy (non-hydrogen) atoms. The standard InChI is InChI=1S/C10H13NO.C2H6/c1-7-6-8-9(11(7)2)4-3-5-10(8)12;1-2/h6H,3-5H2,1-2H3;1-2H3. The van der Waals surface area contributed by atoms with Gasteiger partial charge in [0, 0.05) is 30.4 Å². The average Bonchev–Trinajstić information content (AvgIpc) is 2.50. The molecule has 2 heteroatoms. The SMILES string of the molecule is CC.Cc1cc2c(n1C)CCCC2=O. The van der Waals surface area contributed by atoms with E-state index in [0.29, 0.717) is 5.78 Å². The molecule has 0 saturated heterocycles. The molecule has 2 rings (SSSR count). The Kier molecular flexibility index (Phi) is 3.50. The number of rotatable bonds is 0. The first-order valence-electron chi connectivity index (χ1n) is 5.38. The van der Waals surface area contributed by atoms with E-state index >= 15 is 0 Å². The first kappa shape index (κ1) is 11.0. The molecular weight excluding hydrogens is 174 g/mol. The van der Waals surface area contributed by atoms with Crippen LogP contribution in [0.1, 0.15) is 48.4 Å². The second kappa shape index (κ2) is 4.45. The van der Waals surface area contributed by atoms with Crippen LogP contribution in [0.3, 0.4) is 0 Å². The van der Waals surface area contributed by atoms with Gasteiger partial charge in [-0.15, -0.1) is 0 Å². The molecule has 0 atom stereocenters. The Bertz CT molecular complexity index is 336. The lowest BCUT2D eigenvalue weighted by molar-refractivity contribution is 0.0972. The second-order valence-electron chi connectivity index (χ2n) is 3.48. The van der Waals surface area contributed by atoms with E-state index in [9.17, 15) is 4.79 Å². The zero-order valence-electron chi connectivity index (χ0n) is 9.55. The normalized spacial score (nSPS) is 14.4. The van der Waals surface area contributed by atoms with E-state index in [1.165, 1.54) is 11.4 Å². The molecule has 0 bridgehead atoms. The molecule has 0 spiro atoms. The molecule has 0 saturated carbocycles. The van der Waals surface area contributed by atoms with Gasteiger partial charge in [-0.25, -0.2) is 0 Å². The Balaban J connectivity index is 0.000000461. The van der Waals surface area contributed by atoms with Crippen molar-refractivity contribution in [2.24, 2.45) is 7.05 Å². The van der Waals surface area contributed by atoms with E-state index < -0.39 is 0 Å². The van der Waals surface area contributed by atoms with Gasteiger partial charge in [-0.3, -0.25) is 4.79 Å². The zero-order chi connectivity index (χ0) is 10.7. The summed E-state index contributed by atoms with van der Waals surface area (Å²) in [6.07, 6.45) is 2.81. The number of fused-ring (bicyclic) bond motifs is 1. The average molecular weight is 193 g/mol. The monoisotopic (exact) mass is 193 g/mol. The lowest BCUT2D eigenvalue weighted by Gasteiger charge is -2.12. The highest BCUT2D eigenvalue weighted by atomic mass is 16.1. The van der Waals surface area contributed by atoms with Gasteiger partial charge in [-0.2, -0.15) is 0 Å². The van der Waals surface area contributed by atoms with E-state index in [2.05, 4.69) is 4.57 Å². The third kappa shape index (κ3) is 1.74. The summed E-state index contributed by atoms with van der Waals surface area (Å²) in [6.45, 7) is 6.05. The maximum Gasteiger partial charge on any atom is 0.164 e. The molecule has 78 valence electrons. The quantitative estimate of drug-likeness (QED) is 0.621. The Morgan fingerprint density at radius 1 is 1.29 bits per heavy atom. The molecule has 0 unspecified atom stereocenters. The summed E-state index contributed by atoms with van der Waals surface area (Å²) in [4.78, 5) is 11.4. The first-order chi connectivity index (χ1) is 6.70. The van der Waals surface area contributed by atoms with Crippen molar-refractivity contribution in [2.45, 2.75) is 40.0 Å². The molecule has 2 nitrogen and oxygen atoms in total. The first-order valence-corrected chi connectivity index (χ1v) is 5.38. The van der Waals surface area contributed by atoms with Crippen molar-refractivity contribution in [3.8, 4) is 0 Å². The fraction of sp³-hybridized carbons (Fsp3) is 0.583. The van der Waals surface area contributed by atoms with Gasteiger partial charge in [0.25, 0.3) is 0 Å². The molecule has 1 aliphatic rings. The van der Waals surface area contributed by atoms with Crippen LogP contribution < -0.4 is 0 Å². The Hall–Kier alpha value is -1.05. The van der Waals surface area contributed by atoms with Crippen molar-refractivity contribution in [3.05, 3.63) is 23.0 Å². The Labute approximate surface area is 85.9 Å². The molecule has 1 aromatic heterocycles. The van der Waals surface area contributed by atoms with E-state index in [1.54, 1.807) is 0 Å². The number of carbonyl (C=O) groups is 1. The molecular formula is C12H19NO. The van der Waals surface area contributed by atoms with Crippen LogP contribution in [0, 0.1) is 6.92 Å². The summed E-state index contributed by atoms with van der Waals surface area (Å²) in [6, 6.07) is 2.01. The minimum atomic E-state index is 0.319. The molecule has 0 radical (unpaired) electrons. The number of aromatic nitrogens is 1. The third-order valence-electron chi connectivity index (χ3n) is 2.72. The van der Waals surface area contributed by atoms with Crippen LogP contribution >= 0.6 is 0 Å². The van der Waals surface area contributed by atoms with Crippen molar-refractivity contribution < 1.29 is 4.79 Å². The van der Waals surface area contributed by atoms with Crippen molar-refractivity contribution in [3.63, 3.8) is 0 Å². The van der Waals surface area contributed by atoms with Crippen LogP contribution in [0.5, 0.6) is 0 Å². The minimum absolute atomic E-state index is 0.319. The number of hydrogen-bond donors (Lipinski definition) is 0. The summed E-state index contributed by atoms with van der Waals surface area (Å²) >= 11 is 0. The highest BCUT2D eigenvalue weighted by Crippen LogP contribution is 2.23. The number of Topliss-reactive ketones (excluding diaryl/α,β-unsaturated/α-hetero) is 1. The van der Waals surface area contributed by atoms with Crippen molar-refractivity contribution in [1.29, 1.82) is 0 Å². The van der Waals surface area contributed by atoms with E-state index in [-0.39, 0.29) is 0 Å². The van der Waals surface area contributed by atoms with Crippen LogP contribution in [-0.2, 0) is 13.5 Å². The minimum Gasteiger partial charge on any atom is -0.351 e. The van der Waals surface area contributed by atoms with Crippen LogP contribution in [0.4, 0.5) is 0 Å². The van der Waals surface area contributed by atoms with Gasteiger partial charge >= 0.3 is 0 Å². The van der Waals surface area contributed by atoms with Gasteiger partial charge in [-0.05, 0) is 25.8 Å². The van der Waals surface area contributed by atoms with Gasteiger partial charge in [-0.1, -0.05) is 13.8 Å². The van der Waals surface area contributed by atoms with Gasteiger partial charge in [0.05, 0.1) is 0 Å². The van der Waals surface area contributed by atoms with Crippen LogP contribution in [0.25, 0.3) is 0 Å². The number of aryl methyl sites for hydroxylation is 1. The number of carbonyl (C=O) groups excluding carboxylic acids is 1. The van der Waals surface area contributed by atoms with Crippen molar-refractivity contribution in [1.82, 2.24) is 4.57 Å². The maximum atomic E-state index is 11.4. The molecule has 1 heterocycles. The summed E-state index contributed by atoms with van der Waals surface area (Å²) in [5, 5.41) is 0. The van der Waals surface area contributed by atoms with Gasteiger partial charge in [0.2, 0.25) is 0 Å². The summed E-state index contributed by atoms with van der Waals surface area (Å²) < 4.78 is 2.13. The van der Waals surface area contributed by atoms with Crippen molar-refractivity contribution >= 4 is 5.78 Å². The van der Waals surface area contributed by atoms with Crippen LogP contribution in [-0.4, -0.2) is 10.4 Å². The van der Waals surface area contributed by atoms with Gasteiger partial charge < -0.3 is 4.57 Å². The Morgan fingerprint density at radius 2 is 1.93 bits per heavy atom. The lowest BCUT2D eigenvalue weighted by atomic mass is 9.97. The maximum absolute atomic E-state index is 11.4. The topological polar surface area (TPSA) is 22.0 Å². The Morgan fingerprint density at radius 3 is 2.50 bits per heavy atom. The zero-order valence-corrected chi connectivity index (χ0v) is 9.55. The van der Waals surface area contributed by atoms with Crippen LogP contribution in [0.2, 0.25) is 0 Å². The molecule has 0 aliphatic heterocycles. The highest BCUT2D eigenvalue weighted by Gasteiger charge is 2.20. The largest absolute Gasteiger partial charge is 0.351 e. The molecule has 0 amide bonds.